The van der Waals surface area contributed by atoms with Gasteiger partial charge in [-0.25, -0.2) is 0 Å². The second-order valence-corrected chi connectivity index (χ2v) is 4.77. The summed E-state index contributed by atoms with van der Waals surface area (Å²) in [6, 6.07) is 13.5. The molecule has 0 heteroatoms. The van der Waals surface area contributed by atoms with E-state index in [1.54, 1.807) is 0 Å². The van der Waals surface area contributed by atoms with Gasteiger partial charge < -0.3 is 0 Å². The average molecular weight is 216 g/mol. The van der Waals surface area contributed by atoms with E-state index in [-0.39, 0.29) is 0 Å². The lowest BCUT2D eigenvalue weighted by atomic mass is 9.91. The van der Waals surface area contributed by atoms with Crippen LogP contribution in [-0.4, -0.2) is 0 Å². The Morgan fingerprint density at radius 2 is 1.00 bits per heavy atom. The Labute approximate surface area is 101 Å². The quantitative estimate of drug-likeness (QED) is 0.470. The first-order valence-electron chi connectivity index (χ1n) is 6.00. The monoisotopic (exact) mass is 216 g/mol. The standard InChI is InChI=1S/C17H12/c1-3-14-5-7-16(14)10-12(1)9-13-2-4-15-6-8-17(15)11-13/h1-8,10-11H,9H2. The van der Waals surface area contributed by atoms with Crippen molar-refractivity contribution >= 4 is 24.3 Å². The van der Waals surface area contributed by atoms with Crippen molar-refractivity contribution in [2.45, 2.75) is 6.42 Å². The van der Waals surface area contributed by atoms with Crippen LogP contribution in [0.1, 0.15) is 33.4 Å². The molecule has 0 heterocycles. The molecule has 0 fully saturated rings. The van der Waals surface area contributed by atoms with Gasteiger partial charge in [0.2, 0.25) is 0 Å². The molecule has 0 saturated carbocycles. The lowest BCUT2D eigenvalue weighted by molar-refractivity contribution is 1.18. The van der Waals surface area contributed by atoms with E-state index in [1.165, 1.54) is 33.4 Å². The highest BCUT2D eigenvalue weighted by molar-refractivity contribution is 5.86. The van der Waals surface area contributed by atoms with Gasteiger partial charge >= 0.3 is 0 Å². The molecule has 17 heavy (non-hydrogen) atoms. The fourth-order valence-electron chi connectivity index (χ4n) is 2.46. The van der Waals surface area contributed by atoms with Crippen LogP contribution in [-0.2, 0) is 6.42 Å². The average Bonchev–Trinajstić information content (AvgIpc) is 2.26. The third kappa shape index (κ3) is 1.38. The summed E-state index contributed by atoms with van der Waals surface area (Å²) < 4.78 is 0. The molecule has 2 aromatic carbocycles. The van der Waals surface area contributed by atoms with Gasteiger partial charge in [-0.3, -0.25) is 0 Å². The summed E-state index contributed by atoms with van der Waals surface area (Å²) in [6.07, 6.45) is 9.71. The number of hydrogen-bond acceptors (Lipinski definition) is 0. The van der Waals surface area contributed by atoms with Gasteiger partial charge in [0.1, 0.15) is 0 Å². The van der Waals surface area contributed by atoms with Gasteiger partial charge in [0, 0.05) is 0 Å². The third-order valence-corrected chi connectivity index (χ3v) is 3.60. The molecule has 0 N–H and O–H groups in total. The molecule has 0 aromatic heterocycles. The largest absolute Gasteiger partial charge is 0.0581 e. The molecule has 0 atom stereocenters. The van der Waals surface area contributed by atoms with Gasteiger partial charge in [-0.05, 0) is 39.8 Å². The zero-order chi connectivity index (χ0) is 11.2. The van der Waals surface area contributed by atoms with Crippen LogP contribution < -0.4 is 0 Å². The Morgan fingerprint density at radius 3 is 1.35 bits per heavy atom. The van der Waals surface area contributed by atoms with Gasteiger partial charge in [-0.15, -0.1) is 0 Å². The lowest BCUT2D eigenvalue weighted by Crippen LogP contribution is -1.96. The maximum Gasteiger partial charge on any atom is -0.00253 e. The normalized spacial score (nSPS) is 13.6. The molecule has 2 aliphatic rings. The molecule has 0 bridgehead atoms. The molecule has 0 saturated heterocycles. The van der Waals surface area contributed by atoms with Crippen molar-refractivity contribution < 1.29 is 0 Å². The molecule has 2 aromatic rings. The number of benzene rings is 2. The molecule has 0 amide bonds. The van der Waals surface area contributed by atoms with Crippen molar-refractivity contribution in [2.75, 3.05) is 0 Å². The molecular weight excluding hydrogens is 204 g/mol. The van der Waals surface area contributed by atoms with E-state index in [4.69, 9.17) is 0 Å². The predicted octanol–water partition coefficient (Wildman–Crippen LogP) is 4.25. The second kappa shape index (κ2) is 3.21. The first kappa shape index (κ1) is 9.00. The lowest BCUT2D eigenvalue weighted by Gasteiger charge is -2.14. The molecule has 0 spiro atoms. The predicted molar refractivity (Wildman–Crippen MR) is 73.5 cm³/mol. The van der Waals surface area contributed by atoms with Gasteiger partial charge in [0.15, 0.2) is 0 Å². The molecule has 0 nitrogen and oxygen atoms in total. The smallest absolute Gasteiger partial charge is 0.00253 e. The molecule has 4 rings (SSSR count). The van der Waals surface area contributed by atoms with Crippen molar-refractivity contribution in [1.82, 2.24) is 0 Å². The van der Waals surface area contributed by atoms with Crippen molar-refractivity contribution in [3.63, 3.8) is 0 Å². The van der Waals surface area contributed by atoms with Crippen LogP contribution >= 0.6 is 0 Å². The first-order chi connectivity index (χ1) is 8.38. The van der Waals surface area contributed by atoms with E-state index < -0.39 is 0 Å². The van der Waals surface area contributed by atoms with Crippen LogP contribution in [0.25, 0.3) is 24.3 Å². The first-order valence-corrected chi connectivity index (χ1v) is 6.00. The summed E-state index contributed by atoms with van der Waals surface area (Å²) in [5, 5.41) is 0. The Morgan fingerprint density at radius 1 is 0.529 bits per heavy atom. The molecule has 0 aliphatic heterocycles. The maximum atomic E-state index is 2.30. The van der Waals surface area contributed by atoms with Crippen LogP contribution in [0.4, 0.5) is 0 Å². The van der Waals surface area contributed by atoms with Gasteiger partial charge in [-0.2, -0.15) is 0 Å². The Hall–Kier alpha value is -2.08. The van der Waals surface area contributed by atoms with Crippen molar-refractivity contribution in [3.05, 3.63) is 69.8 Å². The SMILES string of the molecule is C1=Cc2cc(Cc3ccc4c(c3)C=C4)ccc21. The molecule has 0 radical (unpaired) electrons. The summed E-state index contributed by atoms with van der Waals surface area (Å²) in [5.74, 6) is 0. The summed E-state index contributed by atoms with van der Waals surface area (Å²) in [5.41, 5.74) is 8.30. The Balaban J connectivity index is 1.64. The fraction of sp³-hybridized carbons (Fsp3) is 0.0588. The maximum absolute atomic E-state index is 2.30. The fourth-order valence-corrected chi connectivity index (χ4v) is 2.46. The zero-order valence-electron chi connectivity index (χ0n) is 9.48. The van der Waals surface area contributed by atoms with Crippen molar-refractivity contribution in [2.24, 2.45) is 0 Å². The minimum Gasteiger partial charge on any atom is -0.0581 e. The third-order valence-electron chi connectivity index (χ3n) is 3.60. The van der Waals surface area contributed by atoms with E-state index in [9.17, 15) is 0 Å². The van der Waals surface area contributed by atoms with Crippen molar-refractivity contribution in [3.8, 4) is 0 Å². The van der Waals surface area contributed by atoms with E-state index >= 15 is 0 Å². The van der Waals surface area contributed by atoms with E-state index in [0.717, 1.165) is 6.42 Å². The zero-order valence-corrected chi connectivity index (χ0v) is 9.48. The minimum absolute atomic E-state index is 1.03. The molecule has 0 unspecified atom stereocenters. The topological polar surface area (TPSA) is 0 Å². The summed E-state index contributed by atoms with van der Waals surface area (Å²) in [6.45, 7) is 0. The number of rotatable bonds is 2. The van der Waals surface area contributed by atoms with E-state index in [1.807, 2.05) is 0 Å². The van der Waals surface area contributed by atoms with Crippen LogP contribution in [0.3, 0.4) is 0 Å². The number of hydrogen-bond donors (Lipinski definition) is 0. The van der Waals surface area contributed by atoms with Gasteiger partial charge in [0.05, 0.1) is 0 Å². The Bertz CT molecular complexity index is 613. The van der Waals surface area contributed by atoms with Crippen LogP contribution in [0.5, 0.6) is 0 Å². The molecule has 80 valence electrons. The minimum atomic E-state index is 1.03. The highest BCUT2D eigenvalue weighted by Gasteiger charge is 2.08. The van der Waals surface area contributed by atoms with Gasteiger partial charge in [-0.1, -0.05) is 60.7 Å². The highest BCUT2D eigenvalue weighted by atomic mass is 14.1. The summed E-state index contributed by atoms with van der Waals surface area (Å²) >= 11 is 0. The van der Waals surface area contributed by atoms with E-state index in [0.29, 0.717) is 0 Å². The van der Waals surface area contributed by atoms with Crippen molar-refractivity contribution in [1.29, 1.82) is 0 Å². The highest BCUT2D eigenvalue weighted by Crippen LogP contribution is 2.27. The summed E-state index contributed by atoms with van der Waals surface area (Å²) in [4.78, 5) is 0. The van der Waals surface area contributed by atoms with Gasteiger partial charge in [0.25, 0.3) is 0 Å². The van der Waals surface area contributed by atoms with Crippen LogP contribution in [0, 0.1) is 0 Å². The number of fused-ring (bicyclic) bond motifs is 2. The molecular formula is C17H12. The second-order valence-electron chi connectivity index (χ2n) is 4.77. The summed E-state index contributed by atoms with van der Waals surface area (Å²) in [7, 11) is 0. The van der Waals surface area contributed by atoms with Crippen LogP contribution in [0.15, 0.2) is 36.4 Å². The Kier molecular flexibility index (Phi) is 1.70. The van der Waals surface area contributed by atoms with E-state index in [2.05, 4.69) is 60.7 Å². The van der Waals surface area contributed by atoms with Crippen LogP contribution in [0.2, 0.25) is 0 Å². The molecule has 2 aliphatic carbocycles.